The Morgan fingerprint density at radius 1 is 1.32 bits per heavy atom. The largest absolute Gasteiger partial charge is 0.312 e. The number of thioether (sulfide) groups is 1. The third kappa shape index (κ3) is 6.44. The molecule has 1 unspecified atom stereocenters. The molecule has 1 atom stereocenters. The average Bonchev–Trinajstić information content (AvgIpc) is 2.37. The van der Waals surface area contributed by atoms with Gasteiger partial charge in [0.2, 0.25) is 0 Å². The second kappa shape index (κ2) is 8.60. The molecule has 0 spiro atoms. The van der Waals surface area contributed by atoms with Crippen molar-refractivity contribution in [1.82, 2.24) is 10.3 Å². The van der Waals surface area contributed by atoms with Crippen LogP contribution in [0, 0.1) is 18.8 Å². The van der Waals surface area contributed by atoms with E-state index in [1.54, 1.807) is 0 Å². The first-order chi connectivity index (χ1) is 9.02. The Morgan fingerprint density at radius 3 is 2.63 bits per heavy atom. The molecule has 1 heterocycles. The fourth-order valence-corrected chi connectivity index (χ4v) is 2.80. The molecule has 0 saturated heterocycles. The lowest BCUT2D eigenvalue weighted by Gasteiger charge is -2.11. The molecule has 0 aliphatic carbocycles. The fraction of sp³-hybridized carbons (Fsp3) is 0.688. The lowest BCUT2D eigenvalue weighted by Crippen LogP contribution is -2.19. The summed E-state index contributed by atoms with van der Waals surface area (Å²) >= 11 is 1.89. The summed E-state index contributed by atoms with van der Waals surface area (Å²) in [4.78, 5) is 4.61. The van der Waals surface area contributed by atoms with Crippen molar-refractivity contribution in [3.63, 3.8) is 0 Å². The maximum absolute atomic E-state index is 4.61. The molecule has 3 heteroatoms. The Morgan fingerprint density at radius 2 is 2.05 bits per heavy atom. The minimum absolute atomic E-state index is 0.694. The smallest absolute Gasteiger partial charge is 0.0989 e. The zero-order valence-electron chi connectivity index (χ0n) is 13.0. The van der Waals surface area contributed by atoms with Gasteiger partial charge in [-0.05, 0) is 36.4 Å². The van der Waals surface area contributed by atoms with Crippen LogP contribution in [0.1, 0.15) is 45.2 Å². The molecule has 2 nitrogen and oxygen atoms in total. The van der Waals surface area contributed by atoms with Crippen molar-refractivity contribution >= 4 is 11.8 Å². The Kier molecular flexibility index (Phi) is 7.47. The molecule has 0 aromatic carbocycles. The summed E-state index contributed by atoms with van der Waals surface area (Å²) in [6.45, 7) is 13.1. The van der Waals surface area contributed by atoms with Gasteiger partial charge in [-0.15, -0.1) is 11.8 Å². The molecule has 0 fully saturated rings. The summed E-state index contributed by atoms with van der Waals surface area (Å²) < 4.78 is 0. The standard InChI is InChI=1S/C16H28N2S/c1-6-13(4)11-19-16-14(5)7-15(10-18-16)9-17-8-12(2)3/h7,10,12-13,17H,6,8-9,11H2,1-5H3. The molecule has 0 radical (unpaired) electrons. The fourth-order valence-electron chi connectivity index (χ4n) is 1.71. The van der Waals surface area contributed by atoms with Crippen molar-refractivity contribution in [3.8, 4) is 0 Å². The van der Waals surface area contributed by atoms with E-state index in [9.17, 15) is 0 Å². The average molecular weight is 280 g/mol. The van der Waals surface area contributed by atoms with E-state index >= 15 is 0 Å². The first-order valence-electron chi connectivity index (χ1n) is 7.32. The van der Waals surface area contributed by atoms with Crippen molar-refractivity contribution in [2.75, 3.05) is 12.3 Å². The van der Waals surface area contributed by atoms with Gasteiger partial charge in [-0.3, -0.25) is 0 Å². The predicted molar refractivity (Wildman–Crippen MR) is 85.7 cm³/mol. The third-order valence-electron chi connectivity index (χ3n) is 3.17. The number of aryl methyl sites for hydroxylation is 1. The molecule has 1 aromatic rings. The molecule has 108 valence electrons. The topological polar surface area (TPSA) is 24.9 Å². The third-order valence-corrected chi connectivity index (χ3v) is 4.61. The number of nitrogens with zero attached hydrogens (tertiary/aromatic N) is 1. The first kappa shape index (κ1) is 16.5. The first-order valence-corrected chi connectivity index (χ1v) is 8.30. The quantitative estimate of drug-likeness (QED) is 0.720. The number of rotatable bonds is 8. The molecule has 0 aliphatic rings. The molecule has 0 bridgehead atoms. The van der Waals surface area contributed by atoms with Gasteiger partial charge in [0.25, 0.3) is 0 Å². The van der Waals surface area contributed by atoms with Gasteiger partial charge in [0, 0.05) is 18.5 Å². The minimum Gasteiger partial charge on any atom is -0.312 e. The lowest BCUT2D eigenvalue weighted by molar-refractivity contribution is 0.551. The molecule has 19 heavy (non-hydrogen) atoms. The molecular weight excluding hydrogens is 252 g/mol. The highest BCUT2D eigenvalue weighted by Gasteiger charge is 2.05. The summed E-state index contributed by atoms with van der Waals surface area (Å²) in [5, 5.41) is 4.65. The molecule has 0 amide bonds. The normalized spacial score (nSPS) is 12.9. The van der Waals surface area contributed by atoms with Crippen LogP contribution in [0.2, 0.25) is 0 Å². The molecule has 1 aromatic heterocycles. The van der Waals surface area contributed by atoms with Crippen molar-refractivity contribution in [2.45, 2.75) is 52.6 Å². The van der Waals surface area contributed by atoms with E-state index < -0.39 is 0 Å². The maximum atomic E-state index is 4.61. The van der Waals surface area contributed by atoms with Gasteiger partial charge in [0.1, 0.15) is 0 Å². The van der Waals surface area contributed by atoms with Gasteiger partial charge >= 0.3 is 0 Å². The highest BCUT2D eigenvalue weighted by molar-refractivity contribution is 7.99. The number of hydrogen-bond donors (Lipinski definition) is 1. The zero-order valence-corrected chi connectivity index (χ0v) is 13.8. The minimum atomic E-state index is 0.694. The van der Waals surface area contributed by atoms with E-state index in [0.29, 0.717) is 5.92 Å². The zero-order chi connectivity index (χ0) is 14.3. The summed E-state index contributed by atoms with van der Waals surface area (Å²) in [7, 11) is 0. The Labute approximate surface area is 122 Å². The van der Waals surface area contributed by atoms with E-state index in [2.05, 4.69) is 51.0 Å². The number of aromatic nitrogens is 1. The van der Waals surface area contributed by atoms with Crippen LogP contribution < -0.4 is 5.32 Å². The summed E-state index contributed by atoms with van der Waals surface area (Å²) in [6, 6.07) is 2.26. The molecule has 1 N–H and O–H groups in total. The van der Waals surface area contributed by atoms with Crippen LogP contribution in [0.5, 0.6) is 0 Å². The highest BCUT2D eigenvalue weighted by atomic mass is 32.2. The number of hydrogen-bond acceptors (Lipinski definition) is 3. The van der Waals surface area contributed by atoms with Gasteiger partial charge < -0.3 is 5.32 Å². The second-order valence-electron chi connectivity index (χ2n) is 5.81. The van der Waals surface area contributed by atoms with Crippen LogP contribution in [0.25, 0.3) is 0 Å². The van der Waals surface area contributed by atoms with Crippen LogP contribution in [0.4, 0.5) is 0 Å². The van der Waals surface area contributed by atoms with Crippen LogP contribution >= 0.6 is 11.8 Å². The maximum Gasteiger partial charge on any atom is 0.0989 e. The highest BCUT2D eigenvalue weighted by Crippen LogP contribution is 2.23. The van der Waals surface area contributed by atoms with E-state index in [0.717, 1.165) is 24.8 Å². The summed E-state index contributed by atoms with van der Waals surface area (Å²) in [5.74, 6) is 2.62. The Bertz CT molecular complexity index is 377. The number of pyridine rings is 1. The van der Waals surface area contributed by atoms with Gasteiger partial charge in [-0.2, -0.15) is 0 Å². The van der Waals surface area contributed by atoms with Gasteiger partial charge in [-0.1, -0.05) is 40.2 Å². The molecule has 0 saturated carbocycles. The van der Waals surface area contributed by atoms with Gasteiger partial charge in [-0.25, -0.2) is 4.98 Å². The van der Waals surface area contributed by atoms with Crippen LogP contribution in [0.15, 0.2) is 17.3 Å². The Balaban J connectivity index is 2.49. The van der Waals surface area contributed by atoms with E-state index in [1.807, 2.05) is 18.0 Å². The van der Waals surface area contributed by atoms with E-state index in [1.165, 1.54) is 22.6 Å². The SMILES string of the molecule is CCC(C)CSc1ncc(CNCC(C)C)cc1C. The van der Waals surface area contributed by atoms with E-state index in [-0.39, 0.29) is 0 Å². The molecule has 0 aliphatic heterocycles. The van der Waals surface area contributed by atoms with Crippen LogP contribution in [-0.4, -0.2) is 17.3 Å². The van der Waals surface area contributed by atoms with Gasteiger partial charge in [0.05, 0.1) is 5.03 Å². The van der Waals surface area contributed by atoms with Crippen LogP contribution in [0.3, 0.4) is 0 Å². The molecular formula is C16H28N2S. The van der Waals surface area contributed by atoms with Crippen molar-refractivity contribution in [2.24, 2.45) is 11.8 Å². The monoisotopic (exact) mass is 280 g/mol. The predicted octanol–water partition coefficient (Wildman–Crippen LogP) is 4.27. The second-order valence-corrected chi connectivity index (χ2v) is 6.82. The van der Waals surface area contributed by atoms with Gasteiger partial charge in [0.15, 0.2) is 0 Å². The van der Waals surface area contributed by atoms with Crippen molar-refractivity contribution < 1.29 is 0 Å². The summed E-state index contributed by atoms with van der Waals surface area (Å²) in [6.07, 6.45) is 3.25. The molecule has 1 rings (SSSR count). The van der Waals surface area contributed by atoms with Crippen molar-refractivity contribution in [3.05, 3.63) is 23.4 Å². The van der Waals surface area contributed by atoms with Crippen molar-refractivity contribution in [1.29, 1.82) is 0 Å². The number of nitrogens with one attached hydrogen (secondary N) is 1. The Hall–Kier alpha value is -0.540. The summed E-state index contributed by atoms with van der Waals surface area (Å²) in [5.41, 5.74) is 2.59. The van der Waals surface area contributed by atoms with Crippen LogP contribution in [-0.2, 0) is 6.54 Å². The lowest BCUT2D eigenvalue weighted by atomic mass is 10.2. The van der Waals surface area contributed by atoms with E-state index in [4.69, 9.17) is 0 Å².